The predicted octanol–water partition coefficient (Wildman–Crippen LogP) is 3.20. The van der Waals surface area contributed by atoms with Crippen LogP contribution in [-0.2, 0) is 0 Å². The molecule has 24 heavy (non-hydrogen) atoms. The third-order valence-electron chi connectivity index (χ3n) is 9.27. The molecule has 3 nitrogen and oxygen atoms in total. The maximum Gasteiger partial charge on any atom is 0.145 e. The summed E-state index contributed by atoms with van der Waals surface area (Å²) in [5.74, 6) is 0.130. The minimum atomic E-state index is -1.58. The van der Waals surface area contributed by atoms with E-state index in [-0.39, 0.29) is 23.9 Å². The van der Waals surface area contributed by atoms with Crippen molar-refractivity contribution in [3.05, 3.63) is 0 Å². The molecule has 4 aliphatic carbocycles. The van der Waals surface area contributed by atoms with E-state index in [4.69, 9.17) is 0 Å². The topological polar surface area (TPSA) is 60.7 Å². The fraction of sp³-hybridized carbons (Fsp3) is 1.00. The Labute approximate surface area is 144 Å². The van der Waals surface area contributed by atoms with Gasteiger partial charge >= 0.3 is 0 Å². The van der Waals surface area contributed by atoms with E-state index in [9.17, 15) is 15.3 Å². The van der Waals surface area contributed by atoms with Gasteiger partial charge in [-0.25, -0.2) is 4.39 Å². The second-order valence-corrected chi connectivity index (χ2v) is 10.1. The molecule has 4 fully saturated rings. The van der Waals surface area contributed by atoms with Gasteiger partial charge in [0.05, 0.1) is 17.8 Å². The standard InChI is InChI=1S/C20H33FO3/c1-17-8-6-13(22)10-12(17)4-5-15-14-7-9-19(3,24)18(14,2)11-16(23)20(15,17)21/h12-16,22-24H,4-11H2,1-3H3/t12-,13-,14+,15+,16-,17+,18+,19-,20+/m1/s1. The predicted molar refractivity (Wildman–Crippen MR) is 90.1 cm³/mol. The lowest BCUT2D eigenvalue weighted by Gasteiger charge is -2.65. The van der Waals surface area contributed by atoms with Gasteiger partial charge in [0.25, 0.3) is 0 Å². The zero-order valence-corrected chi connectivity index (χ0v) is 15.3. The molecule has 9 atom stereocenters. The van der Waals surface area contributed by atoms with E-state index in [1.807, 2.05) is 13.8 Å². The molecule has 4 saturated carbocycles. The fourth-order valence-electron chi connectivity index (χ4n) is 7.46. The first-order valence-corrected chi connectivity index (χ1v) is 9.84. The van der Waals surface area contributed by atoms with Crippen molar-refractivity contribution in [3.63, 3.8) is 0 Å². The lowest BCUT2D eigenvalue weighted by Crippen LogP contribution is -2.70. The minimum Gasteiger partial charge on any atom is -0.393 e. The molecule has 4 heteroatoms. The first-order valence-electron chi connectivity index (χ1n) is 9.84. The van der Waals surface area contributed by atoms with E-state index in [0.29, 0.717) is 32.1 Å². The van der Waals surface area contributed by atoms with E-state index < -0.39 is 28.2 Å². The first kappa shape index (κ1) is 17.2. The van der Waals surface area contributed by atoms with Crippen LogP contribution in [0.1, 0.15) is 72.1 Å². The molecule has 0 bridgehead atoms. The van der Waals surface area contributed by atoms with E-state index in [2.05, 4.69) is 6.92 Å². The van der Waals surface area contributed by atoms with Crippen LogP contribution in [0.4, 0.5) is 4.39 Å². The molecule has 3 N–H and O–H groups in total. The van der Waals surface area contributed by atoms with Crippen molar-refractivity contribution in [2.24, 2.45) is 28.6 Å². The Morgan fingerprint density at radius 3 is 2.29 bits per heavy atom. The van der Waals surface area contributed by atoms with Gasteiger partial charge in [-0.1, -0.05) is 13.8 Å². The van der Waals surface area contributed by atoms with Crippen molar-refractivity contribution in [3.8, 4) is 0 Å². The van der Waals surface area contributed by atoms with Crippen LogP contribution in [0.25, 0.3) is 0 Å². The molecule has 0 amide bonds. The van der Waals surface area contributed by atoms with Crippen molar-refractivity contribution >= 4 is 0 Å². The van der Waals surface area contributed by atoms with E-state index >= 15 is 4.39 Å². The highest BCUT2D eigenvalue weighted by Crippen LogP contribution is 2.70. The van der Waals surface area contributed by atoms with E-state index in [1.54, 1.807) is 0 Å². The average Bonchev–Trinajstić information content (AvgIpc) is 2.72. The van der Waals surface area contributed by atoms with E-state index in [1.165, 1.54) is 0 Å². The van der Waals surface area contributed by atoms with E-state index in [0.717, 1.165) is 19.3 Å². The number of rotatable bonds is 0. The van der Waals surface area contributed by atoms with Crippen LogP contribution in [-0.4, -0.2) is 38.8 Å². The number of aliphatic hydroxyl groups excluding tert-OH is 2. The fourth-order valence-corrected chi connectivity index (χ4v) is 7.46. The highest BCUT2D eigenvalue weighted by atomic mass is 19.1. The second-order valence-electron chi connectivity index (χ2n) is 10.1. The van der Waals surface area contributed by atoms with Gasteiger partial charge in [-0.05, 0) is 76.0 Å². The molecular weight excluding hydrogens is 307 g/mol. The summed E-state index contributed by atoms with van der Waals surface area (Å²) in [5.41, 5.74) is -3.35. The summed E-state index contributed by atoms with van der Waals surface area (Å²) in [6.07, 6.45) is 4.24. The molecule has 0 heterocycles. The second kappa shape index (κ2) is 4.95. The smallest absolute Gasteiger partial charge is 0.145 e. The zero-order chi connectivity index (χ0) is 17.5. The Kier molecular flexibility index (Phi) is 3.56. The quantitative estimate of drug-likeness (QED) is 0.635. The van der Waals surface area contributed by atoms with Gasteiger partial charge in [-0.2, -0.15) is 0 Å². The van der Waals surface area contributed by atoms with Crippen molar-refractivity contribution < 1.29 is 19.7 Å². The number of hydrogen-bond acceptors (Lipinski definition) is 3. The van der Waals surface area contributed by atoms with Crippen LogP contribution >= 0.6 is 0 Å². The molecule has 0 spiro atoms. The molecule has 0 aromatic carbocycles. The van der Waals surface area contributed by atoms with Crippen LogP contribution in [0.15, 0.2) is 0 Å². The molecule has 0 aromatic heterocycles. The number of aliphatic hydroxyl groups is 3. The molecule has 4 rings (SSSR count). The molecule has 0 aromatic rings. The molecular formula is C20H33FO3. The third kappa shape index (κ3) is 1.83. The normalized spacial score (nSPS) is 63.4. The van der Waals surface area contributed by atoms with Crippen molar-refractivity contribution in [2.45, 2.75) is 95.6 Å². The van der Waals surface area contributed by atoms with Crippen LogP contribution in [0.3, 0.4) is 0 Å². The summed E-state index contributed by atoms with van der Waals surface area (Å²) < 4.78 is 16.7. The lowest BCUT2D eigenvalue weighted by molar-refractivity contribution is -0.260. The van der Waals surface area contributed by atoms with Gasteiger partial charge in [-0.15, -0.1) is 0 Å². The Morgan fingerprint density at radius 2 is 1.58 bits per heavy atom. The van der Waals surface area contributed by atoms with Gasteiger partial charge in [0.2, 0.25) is 0 Å². The summed E-state index contributed by atoms with van der Waals surface area (Å²) in [4.78, 5) is 0. The number of fused-ring (bicyclic) bond motifs is 5. The highest BCUT2D eigenvalue weighted by Gasteiger charge is 2.73. The Bertz CT molecular complexity index is 537. The highest BCUT2D eigenvalue weighted by molar-refractivity contribution is 5.22. The van der Waals surface area contributed by atoms with Gasteiger partial charge in [0, 0.05) is 10.8 Å². The average molecular weight is 340 g/mol. The van der Waals surface area contributed by atoms with Crippen molar-refractivity contribution in [2.75, 3.05) is 0 Å². The van der Waals surface area contributed by atoms with Gasteiger partial charge in [-0.3, -0.25) is 0 Å². The number of hydrogen-bond donors (Lipinski definition) is 3. The molecule has 0 aliphatic heterocycles. The molecule has 0 unspecified atom stereocenters. The van der Waals surface area contributed by atoms with Gasteiger partial charge < -0.3 is 15.3 Å². The van der Waals surface area contributed by atoms with Crippen molar-refractivity contribution in [1.82, 2.24) is 0 Å². The first-order chi connectivity index (χ1) is 11.1. The van der Waals surface area contributed by atoms with Crippen LogP contribution < -0.4 is 0 Å². The molecule has 138 valence electrons. The summed E-state index contributed by atoms with van der Waals surface area (Å²) >= 11 is 0. The monoisotopic (exact) mass is 340 g/mol. The maximum absolute atomic E-state index is 16.7. The Morgan fingerprint density at radius 1 is 0.875 bits per heavy atom. The zero-order valence-electron chi connectivity index (χ0n) is 15.3. The largest absolute Gasteiger partial charge is 0.393 e. The van der Waals surface area contributed by atoms with Crippen LogP contribution in [0, 0.1) is 28.6 Å². The number of halogens is 1. The lowest BCUT2D eigenvalue weighted by atomic mass is 9.42. The van der Waals surface area contributed by atoms with Gasteiger partial charge in [0.1, 0.15) is 5.67 Å². The van der Waals surface area contributed by atoms with Crippen molar-refractivity contribution in [1.29, 1.82) is 0 Å². The Balaban J connectivity index is 1.76. The number of alkyl halides is 1. The maximum atomic E-state index is 16.7. The summed E-state index contributed by atoms with van der Waals surface area (Å²) in [7, 11) is 0. The molecule has 0 saturated heterocycles. The van der Waals surface area contributed by atoms with Crippen LogP contribution in [0.2, 0.25) is 0 Å². The van der Waals surface area contributed by atoms with Crippen LogP contribution in [0.5, 0.6) is 0 Å². The molecule has 4 aliphatic rings. The summed E-state index contributed by atoms with van der Waals surface area (Å²) in [6, 6.07) is 0. The SMILES string of the molecule is C[C@]12CC[C@@H](O)C[C@H]1CC[C@H]1[C@@H]3CC[C@@](C)(O)[C@@]3(C)C[C@@H](O)[C@@]12F. The summed E-state index contributed by atoms with van der Waals surface area (Å²) in [6.45, 7) is 5.95. The minimum absolute atomic E-state index is 0.144. The Hall–Kier alpha value is -0.190. The summed E-state index contributed by atoms with van der Waals surface area (Å²) in [5, 5.41) is 32.0. The third-order valence-corrected chi connectivity index (χ3v) is 9.27. The molecule has 0 radical (unpaired) electrons. The van der Waals surface area contributed by atoms with Gasteiger partial charge in [0.15, 0.2) is 0 Å².